The number of ether oxygens (including phenoxy) is 5. The molecule has 2 atom stereocenters. The van der Waals surface area contributed by atoms with Crippen molar-refractivity contribution in [1.29, 1.82) is 0 Å². The summed E-state index contributed by atoms with van der Waals surface area (Å²) < 4.78 is 26.9. The third-order valence-electron chi connectivity index (χ3n) is 6.84. The van der Waals surface area contributed by atoms with Crippen molar-refractivity contribution in [3.05, 3.63) is 70.1 Å². The van der Waals surface area contributed by atoms with Gasteiger partial charge in [0.05, 0.1) is 26.9 Å². The van der Waals surface area contributed by atoms with Gasteiger partial charge in [0.1, 0.15) is 0 Å². The molecule has 182 valence electrons. The number of rotatable bonds is 5. The first-order valence-corrected chi connectivity index (χ1v) is 11.4. The van der Waals surface area contributed by atoms with Gasteiger partial charge in [0.15, 0.2) is 28.8 Å². The molecule has 35 heavy (non-hydrogen) atoms. The standard InChI is InChI=1S/C27H27NO7/c1-14-24(27(30)33-4)25(16-6-8-21-23(12-16)35-13-34-21)26-18(28-14)9-17(10-19(26)29)15-5-7-20(31-2)22(11-15)32-3/h5-8,11-12,17,25,28H,9-10,13H2,1-4H3/t17-,25-/m1/s1. The molecule has 0 saturated carbocycles. The van der Waals surface area contributed by atoms with Gasteiger partial charge in [-0.05, 0) is 54.7 Å². The van der Waals surface area contributed by atoms with Crippen LogP contribution in [0, 0.1) is 0 Å². The molecule has 0 radical (unpaired) electrons. The molecule has 0 bridgehead atoms. The van der Waals surface area contributed by atoms with Crippen molar-refractivity contribution in [2.45, 2.75) is 31.6 Å². The lowest BCUT2D eigenvalue weighted by Crippen LogP contribution is -2.36. The molecule has 3 aliphatic rings. The van der Waals surface area contributed by atoms with Gasteiger partial charge in [0.2, 0.25) is 6.79 Å². The van der Waals surface area contributed by atoms with Crippen LogP contribution in [0.15, 0.2) is 58.9 Å². The Balaban J connectivity index is 1.57. The van der Waals surface area contributed by atoms with Crippen molar-refractivity contribution in [2.24, 2.45) is 0 Å². The molecule has 0 aromatic heterocycles. The van der Waals surface area contributed by atoms with Crippen LogP contribution in [0.25, 0.3) is 0 Å². The van der Waals surface area contributed by atoms with E-state index in [9.17, 15) is 9.59 Å². The van der Waals surface area contributed by atoms with Gasteiger partial charge in [-0.15, -0.1) is 0 Å². The topological polar surface area (TPSA) is 92.3 Å². The first kappa shape index (κ1) is 22.8. The number of carbonyl (C=O) groups excluding carboxylic acids is 2. The zero-order valence-corrected chi connectivity index (χ0v) is 20.1. The molecule has 0 unspecified atom stereocenters. The van der Waals surface area contributed by atoms with Gasteiger partial charge in [-0.25, -0.2) is 4.79 Å². The van der Waals surface area contributed by atoms with E-state index in [1.54, 1.807) is 14.2 Å². The average molecular weight is 478 g/mol. The van der Waals surface area contributed by atoms with E-state index in [0.717, 1.165) is 16.8 Å². The van der Waals surface area contributed by atoms with E-state index in [1.165, 1.54) is 7.11 Å². The van der Waals surface area contributed by atoms with E-state index >= 15 is 0 Å². The van der Waals surface area contributed by atoms with Gasteiger partial charge < -0.3 is 29.0 Å². The Morgan fingerprint density at radius 3 is 2.43 bits per heavy atom. The molecule has 1 N–H and O–H groups in total. The molecule has 1 aliphatic carbocycles. The maximum Gasteiger partial charge on any atom is 0.336 e. The second-order valence-corrected chi connectivity index (χ2v) is 8.74. The summed E-state index contributed by atoms with van der Waals surface area (Å²) >= 11 is 0. The molecule has 2 aromatic rings. The van der Waals surface area contributed by atoms with Crippen LogP contribution >= 0.6 is 0 Å². The van der Waals surface area contributed by atoms with Crippen molar-refractivity contribution in [2.75, 3.05) is 28.1 Å². The molecule has 0 amide bonds. The molecule has 8 heteroatoms. The second kappa shape index (κ2) is 9.02. The minimum absolute atomic E-state index is 0.0184. The Morgan fingerprint density at radius 2 is 1.69 bits per heavy atom. The molecular weight excluding hydrogens is 450 g/mol. The molecule has 0 spiro atoms. The third kappa shape index (κ3) is 3.88. The third-order valence-corrected chi connectivity index (χ3v) is 6.84. The molecule has 5 rings (SSSR count). The van der Waals surface area contributed by atoms with E-state index in [4.69, 9.17) is 23.7 Å². The highest BCUT2D eigenvalue weighted by molar-refractivity contribution is 6.04. The fourth-order valence-electron chi connectivity index (χ4n) is 5.19. The Labute approximate surface area is 203 Å². The van der Waals surface area contributed by atoms with Crippen LogP contribution < -0.4 is 24.3 Å². The van der Waals surface area contributed by atoms with Gasteiger partial charge in [0, 0.05) is 29.3 Å². The highest BCUT2D eigenvalue weighted by Crippen LogP contribution is 2.48. The number of nitrogens with one attached hydrogen (secondary N) is 1. The van der Waals surface area contributed by atoms with E-state index in [-0.39, 0.29) is 18.5 Å². The predicted octanol–water partition coefficient (Wildman–Crippen LogP) is 3.97. The molecule has 8 nitrogen and oxygen atoms in total. The van der Waals surface area contributed by atoms with Crippen molar-refractivity contribution >= 4 is 11.8 Å². The summed E-state index contributed by atoms with van der Waals surface area (Å²) in [5.74, 6) is 1.39. The van der Waals surface area contributed by atoms with Crippen molar-refractivity contribution in [1.82, 2.24) is 5.32 Å². The normalized spacial score (nSPS) is 20.9. The minimum Gasteiger partial charge on any atom is -0.493 e. The first-order chi connectivity index (χ1) is 16.9. The number of dihydropyridines is 1. The highest BCUT2D eigenvalue weighted by atomic mass is 16.7. The smallest absolute Gasteiger partial charge is 0.336 e. The molecule has 2 heterocycles. The molecule has 0 fully saturated rings. The molecule has 2 aromatic carbocycles. The van der Waals surface area contributed by atoms with E-state index in [0.29, 0.717) is 52.7 Å². The van der Waals surface area contributed by atoms with Crippen molar-refractivity contribution in [3.63, 3.8) is 0 Å². The number of Topliss-reactive ketones (excluding diaryl/α,β-unsaturated/α-hetero) is 1. The lowest BCUT2D eigenvalue weighted by molar-refractivity contribution is -0.136. The minimum atomic E-state index is -0.563. The van der Waals surface area contributed by atoms with Crippen LogP contribution in [0.1, 0.15) is 42.7 Å². The number of allylic oxidation sites excluding steroid dienone is 3. The summed E-state index contributed by atoms with van der Waals surface area (Å²) in [6.07, 6.45) is 0.925. The van der Waals surface area contributed by atoms with E-state index in [1.807, 2.05) is 43.3 Å². The summed E-state index contributed by atoms with van der Waals surface area (Å²) in [5.41, 5.74) is 4.26. The average Bonchev–Trinajstić information content (AvgIpc) is 3.34. The maximum absolute atomic E-state index is 13.7. The number of carbonyl (C=O) groups is 2. The number of hydrogen-bond donors (Lipinski definition) is 1. The van der Waals surface area contributed by atoms with Crippen LogP contribution in [0.4, 0.5) is 0 Å². The monoisotopic (exact) mass is 477 g/mol. The summed E-state index contributed by atoms with van der Waals surface area (Å²) in [6.45, 7) is 1.98. The molecule has 0 saturated heterocycles. The van der Waals surface area contributed by atoms with Crippen molar-refractivity contribution in [3.8, 4) is 23.0 Å². The zero-order valence-electron chi connectivity index (χ0n) is 20.1. The number of benzene rings is 2. The second-order valence-electron chi connectivity index (χ2n) is 8.74. The van der Waals surface area contributed by atoms with Crippen LogP contribution in [0.2, 0.25) is 0 Å². The largest absolute Gasteiger partial charge is 0.493 e. The summed E-state index contributed by atoms with van der Waals surface area (Å²) in [7, 11) is 4.53. The van der Waals surface area contributed by atoms with Gasteiger partial charge in [0.25, 0.3) is 0 Å². The fourth-order valence-corrected chi connectivity index (χ4v) is 5.19. The number of methoxy groups -OCH3 is 3. The van der Waals surface area contributed by atoms with Crippen LogP contribution in [0.5, 0.6) is 23.0 Å². The van der Waals surface area contributed by atoms with Crippen LogP contribution in [-0.4, -0.2) is 39.9 Å². The maximum atomic E-state index is 13.7. The highest BCUT2D eigenvalue weighted by Gasteiger charge is 2.41. The Kier molecular flexibility index (Phi) is 5.88. The lowest BCUT2D eigenvalue weighted by atomic mass is 9.71. The number of esters is 1. The zero-order chi connectivity index (χ0) is 24.7. The Bertz CT molecular complexity index is 1280. The van der Waals surface area contributed by atoms with Crippen molar-refractivity contribution < 1.29 is 33.3 Å². The first-order valence-electron chi connectivity index (χ1n) is 11.4. The van der Waals surface area contributed by atoms with E-state index in [2.05, 4.69) is 5.32 Å². The van der Waals surface area contributed by atoms with Gasteiger partial charge in [-0.3, -0.25) is 4.79 Å². The lowest BCUT2D eigenvalue weighted by Gasteiger charge is -2.36. The SMILES string of the molecule is COC(=O)C1=C(C)NC2=C(C(=O)C[C@H](c3ccc(OC)c(OC)c3)C2)[C@@H]1c1ccc2c(c1)OCO2. The van der Waals surface area contributed by atoms with Gasteiger partial charge in [-0.1, -0.05) is 12.1 Å². The van der Waals surface area contributed by atoms with Crippen LogP contribution in [-0.2, 0) is 14.3 Å². The van der Waals surface area contributed by atoms with E-state index < -0.39 is 11.9 Å². The Morgan fingerprint density at radius 1 is 0.943 bits per heavy atom. The Hall–Kier alpha value is -3.94. The number of fused-ring (bicyclic) bond motifs is 1. The fraction of sp³-hybridized carbons (Fsp3) is 0.333. The quantitative estimate of drug-likeness (QED) is 0.647. The predicted molar refractivity (Wildman–Crippen MR) is 127 cm³/mol. The van der Waals surface area contributed by atoms with Gasteiger partial charge >= 0.3 is 5.97 Å². The summed E-state index contributed by atoms with van der Waals surface area (Å²) in [6, 6.07) is 11.3. The summed E-state index contributed by atoms with van der Waals surface area (Å²) in [4.78, 5) is 26.5. The van der Waals surface area contributed by atoms with Gasteiger partial charge in [-0.2, -0.15) is 0 Å². The molecular formula is C27H27NO7. The number of hydrogen-bond acceptors (Lipinski definition) is 8. The number of ketones is 1. The van der Waals surface area contributed by atoms with Crippen LogP contribution in [0.3, 0.4) is 0 Å². The summed E-state index contributed by atoms with van der Waals surface area (Å²) in [5, 5.41) is 3.34. The molecule has 2 aliphatic heterocycles.